The Hall–Kier alpha value is -1.63. The average Bonchev–Trinajstić information content (AvgIpc) is 3.15. The Bertz CT molecular complexity index is 683. The maximum absolute atomic E-state index is 12.3. The minimum Gasteiger partial charge on any atom is -0.497 e. The van der Waals surface area contributed by atoms with E-state index in [1.165, 1.54) is 6.42 Å². The summed E-state index contributed by atoms with van der Waals surface area (Å²) < 4.78 is 11.1. The fraction of sp³-hybridized carbons (Fsp3) is 0.682. The van der Waals surface area contributed by atoms with Gasteiger partial charge in [-0.1, -0.05) is 13.8 Å². The molecule has 1 N–H and O–H groups in total. The zero-order valence-electron chi connectivity index (χ0n) is 17.3. The van der Waals surface area contributed by atoms with Crippen LogP contribution in [-0.2, 0) is 4.74 Å². The molecule has 3 aliphatic rings. The number of rotatable bonds is 6. The standard InChI is InChI=1S/C22H33N3O3/c1-22(2)19(18-8-15-28-20(18)22)25-13-11-24(12-14-25)10-9-23-21(26)16-4-6-17(27-3)7-5-16/h4-7,18-20H,8-15H2,1-3H3,(H,23,26). The molecule has 154 valence electrons. The van der Waals surface area contributed by atoms with Crippen LogP contribution in [0.1, 0.15) is 30.6 Å². The van der Waals surface area contributed by atoms with E-state index in [4.69, 9.17) is 9.47 Å². The summed E-state index contributed by atoms with van der Waals surface area (Å²) in [5.74, 6) is 1.47. The smallest absolute Gasteiger partial charge is 0.251 e. The molecule has 0 radical (unpaired) electrons. The van der Waals surface area contributed by atoms with E-state index < -0.39 is 0 Å². The lowest BCUT2D eigenvalue weighted by Crippen LogP contribution is -2.69. The number of carbonyl (C=O) groups is 1. The normalized spacial score (nSPS) is 29.8. The molecule has 3 atom stereocenters. The monoisotopic (exact) mass is 387 g/mol. The van der Waals surface area contributed by atoms with Crippen molar-refractivity contribution in [2.24, 2.45) is 11.3 Å². The predicted octanol–water partition coefficient (Wildman–Crippen LogP) is 1.86. The van der Waals surface area contributed by atoms with Crippen LogP contribution in [0, 0.1) is 11.3 Å². The molecule has 28 heavy (non-hydrogen) atoms. The Morgan fingerprint density at radius 2 is 1.93 bits per heavy atom. The Balaban J connectivity index is 1.19. The number of hydrogen-bond donors (Lipinski definition) is 1. The van der Waals surface area contributed by atoms with E-state index in [2.05, 4.69) is 29.0 Å². The zero-order chi connectivity index (χ0) is 19.7. The molecule has 0 bridgehead atoms. The van der Waals surface area contributed by atoms with Gasteiger partial charge in [-0.25, -0.2) is 0 Å². The summed E-state index contributed by atoms with van der Waals surface area (Å²) in [6.45, 7) is 11.6. The summed E-state index contributed by atoms with van der Waals surface area (Å²) in [4.78, 5) is 17.4. The second-order valence-corrected chi connectivity index (χ2v) is 8.87. The van der Waals surface area contributed by atoms with Crippen molar-refractivity contribution in [2.45, 2.75) is 32.4 Å². The number of ether oxygens (including phenoxy) is 2. The van der Waals surface area contributed by atoms with Crippen molar-refractivity contribution in [1.82, 2.24) is 15.1 Å². The van der Waals surface area contributed by atoms with Crippen LogP contribution in [0.25, 0.3) is 0 Å². The summed E-state index contributed by atoms with van der Waals surface area (Å²) in [5.41, 5.74) is 0.946. The van der Waals surface area contributed by atoms with Crippen LogP contribution in [0.4, 0.5) is 0 Å². The molecule has 2 saturated heterocycles. The highest BCUT2D eigenvalue weighted by atomic mass is 16.5. The number of hydrogen-bond acceptors (Lipinski definition) is 5. The SMILES string of the molecule is COc1ccc(C(=O)NCCN2CCN(C3C4CCOC4C3(C)C)CC2)cc1. The number of methoxy groups -OCH3 is 1. The molecule has 3 unspecified atom stereocenters. The number of amides is 1. The number of benzene rings is 1. The number of nitrogens with one attached hydrogen (secondary N) is 1. The van der Waals surface area contributed by atoms with Gasteiger partial charge in [0.25, 0.3) is 5.91 Å². The third kappa shape index (κ3) is 3.65. The van der Waals surface area contributed by atoms with Gasteiger partial charge in [-0.15, -0.1) is 0 Å². The van der Waals surface area contributed by atoms with E-state index >= 15 is 0 Å². The summed E-state index contributed by atoms with van der Waals surface area (Å²) in [5, 5.41) is 3.03. The molecule has 1 aliphatic carbocycles. The third-order valence-corrected chi connectivity index (χ3v) is 6.90. The first kappa shape index (κ1) is 19.7. The highest BCUT2D eigenvalue weighted by Gasteiger charge is 2.61. The van der Waals surface area contributed by atoms with Gasteiger partial charge in [0.2, 0.25) is 0 Å². The second kappa shape index (κ2) is 8.01. The van der Waals surface area contributed by atoms with E-state index in [-0.39, 0.29) is 11.3 Å². The van der Waals surface area contributed by atoms with Crippen molar-refractivity contribution in [3.8, 4) is 5.75 Å². The molecule has 6 nitrogen and oxygen atoms in total. The van der Waals surface area contributed by atoms with Crippen LogP contribution >= 0.6 is 0 Å². The fourth-order valence-electron chi connectivity index (χ4n) is 5.48. The molecule has 2 aliphatic heterocycles. The Morgan fingerprint density at radius 1 is 1.21 bits per heavy atom. The maximum atomic E-state index is 12.3. The van der Waals surface area contributed by atoms with E-state index in [0.717, 1.165) is 51.0 Å². The van der Waals surface area contributed by atoms with Crippen molar-refractivity contribution in [2.75, 3.05) is 53.0 Å². The molecule has 4 rings (SSSR count). The van der Waals surface area contributed by atoms with Crippen LogP contribution in [0.15, 0.2) is 24.3 Å². The molecule has 1 amide bonds. The van der Waals surface area contributed by atoms with Gasteiger partial charge >= 0.3 is 0 Å². The van der Waals surface area contributed by atoms with Gasteiger partial charge in [-0.2, -0.15) is 0 Å². The zero-order valence-corrected chi connectivity index (χ0v) is 17.3. The van der Waals surface area contributed by atoms with Crippen molar-refractivity contribution in [1.29, 1.82) is 0 Å². The first-order valence-electron chi connectivity index (χ1n) is 10.5. The van der Waals surface area contributed by atoms with Gasteiger partial charge in [-0.3, -0.25) is 14.6 Å². The van der Waals surface area contributed by atoms with Gasteiger partial charge in [0.15, 0.2) is 0 Å². The number of carbonyl (C=O) groups excluding carboxylic acids is 1. The van der Waals surface area contributed by atoms with Crippen LogP contribution in [0.5, 0.6) is 5.75 Å². The van der Waals surface area contributed by atoms with Gasteiger partial charge in [0.05, 0.1) is 13.2 Å². The summed E-state index contributed by atoms with van der Waals surface area (Å²) in [6.07, 6.45) is 1.68. The molecular formula is C22H33N3O3. The predicted molar refractivity (Wildman–Crippen MR) is 109 cm³/mol. The lowest BCUT2D eigenvalue weighted by molar-refractivity contribution is -0.161. The van der Waals surface area contributed by atoms with Gasteiger partial charge in [0, 0.05) is 68.8 Å². The number of fused-ring (bicyclic) bond motifs is 1. The minimum absolute atomic E-state index is 0.0234. The Labute approximate surface area is 168 Å². The molecule has 1 saturated carbocycles. The topological polar surface area (TPSA) is 54.0 Å². The summed E-state index contributed by atoms with van der Waals surface area (Å²) in [7, 11) is 1.63. The first-order valence-corrected chi connectivity index (χ1v) is 10.5. The van der Waals surface area contributed by atoms with Crippen molar-refractivity contribution >= 4 is 5.91 Å². The quantitative estimate of drug-likeness (QED) is 0.808. The molecule has 0 spiro atoms. The average molecular weight is 388 g/mol. The lowest BCUT2D eigenvalue weighted by Gasteiger charge is -2.60. The minimum atomic E-state index is -0.0234. The van der Waals surface area contributed by atoms with E-state index in [0.29, 0.717) is 24.3 Å². The molecule has 6 heteroatoms. The maximum Gasteiger partial charge on any atom is 0.251 e. The van der Waals surface area contributed by atoms with Gasteiger partial charge in [-0.05, 0) is 30.7 Å². The number of nitrogens with zero attached hydrogens (tertiary/aromatic N) is 2. The molecule has 0 aromatic heterocycles. The van der Waals surface area contributed by atoms with Crippen molar-refractivity contribution < 1.29 is 14.3 Å². The van der Waals surface area contributed by atoms with Crippen molar-refractivity contribution in [3.63, 3.8) is 0 Å². The molecule has 1 aromatic rings. The Kier molecular flexibility index (Phi) is 5.63. The van der Waals surface area contributed by atoms with E-state index in [1.54, 1.807) is 19.2 Å². The molecule has 3 fully saturated rings. The highest BCUT2D eigenvalue weighted by Crippen LogP contribution is 2.54. The van der Waals surface area contributed by atoms with Crippen LogP contribution in [0.3, 0.4) is 0 Å². The Morgan fingerprint density at radius 3 is 2.61 bits per heavy atom. The fourth-order valence-corrected chi connectivity index (χ4v) is 5.48. The van der Waals surface area contributed by atoms with Crippen LogP contribution in [-0.4, -0.2) is 80.8 Å². The third-order valence-electron chi connectivity index (χ3n) is 6.90. The first-order chi connectivity index (χ1) is 13.5. The molecular weight excluding hydrogens is 354 g/mol. The molecule has 2 heterocycles. The van der Waals surface area contributed by atoms with E-state index in [9.17, 15) is 4.79 Å². The van der Waals surface area contributed by atoms with E-state index in [1.807, 2.05) is 12.1 Å². The largest absolute Gasteiger partial charge is 0.497 e. The van der Waals surface area contributed by atoms with Crippen LogP contribution in [0.2, 0.25) is 0 Å². The molecule has 1 aromatic carbocycles. The summed E-state index contributed by atoms with van der Waals surface area (Å²) in [6, 6.07) is 7.89. The number of piperazine rings is 1. The van der Waals surface area contributed by atoms with Gasteiger partial charge < -0.3 is 14.8 Å². The van der Waals surface area contributed by atoms with Gasteiger partial charge in [0.1, 0.15) is 5.75 Å². The van der Waals surface area contributed by atoms with Crippen LogP contribution < -0.4 is 10.1 Å². The second-order valence-electron chi connectivity index (χ2n) is 8.87. The highest BCUT2D eigenvalue weighted by molar-refractivity contribution is 5.94. The van der Waals surface area contributed by atoms with Crippen molar-refractivity contribution in [3.05, 3.63) is 29.8 Å². The summed E-state index contributed by atoms with van der Waals surface area (Å²) >= 11 is 0. The lowest BCUT2D eigenvalue weighted by atomic mass is 9.56.